The highest BCUT2D eigenvalue weighted by atomic mass is 19.1. The molecule has 0 saturated carbocycles. The topological polar surface area (TPSA) is 46.5 Å². The number of hydrogen-bond acceptors (Lipinski definition) is 2. The lowest BCUT2D eigenvalue weighted by atomic mass is 10.0. The number of aromatic carboxylic acids is 1. The van der Waals surface area contributed by atoms with Gasteiger partial charge in [-0.25, -0.2) is 9.18 Å². The Morgan fingerprint density at radius 2 is 2.16 bits per heavy atom. The van der Waals surface area contributed by atoms with Crippen LogP contribution in [0.5, 0.6) is 5.75 Å². The van der Waals surface area contributed by atoms with Crippen molar-refractivity contribution in [2.45, 2.75) is 39.5 Å². The minimum atomic E-state index is -1.17. The fourth-order valence-electron chi connectivity index (χ4n) is 1.92. The number of ether oxygens (including phenoxy) is 1. The number of benzene rings is 1. The van der Waals surface area contributed by atoms with Gasteiger partial charge in [0.1, 0.15) is 5.56 Å². The lowest BCUT2D eigenvalue weighted by Gasteiger charge is -2.17. The number of hydrogen-bond donors (Lipinski definition) is 1. The van der Waals surface area contributed by atoms with Gasteiger partial charge in [-0.3, -0.25) is 0 Å². The van der Waals surface area contributed by atoms with Gasteiger partial charge in [0.25, 0.3) is 0 Å². The van der Waals surface area contributed by atoms with Gasteiger partial charge < -0.3 is 9.84 Å². The SMILES string of the molecule is CCCCC(CC)COc1c(F)cccc1C(=O)O. The molecule has 0 aliphatic heterocycles. The van der Waals surface area contributed by atoms with Gasteiger partial charge in [0.05, 0.1) is 6.61 Å². The van der Waals surface area contributed by atoms with Gasteiger partial charge >= 0.3 is 5.97 Å². The Kier molecular flexibility index (Phi) is 6.33. The van der Waals surface area contributed by atoms with Crippen molar-refractivity contribution >= 4 is 5.97 Å². The second-order valence-electron chi connectivity index (χ2n) is 4.65. The standard InChI is InChI=1S/C15H21FO3/c1-3-5-7-11(4-2)10-19-14-12(15(17)18)8-6-9-13(14)16/h6,8-9,11H,3-5,7,10H2,1-2H3,(H,17,18). The highest BCUT2D eigenvalue weighted by Crippen LogP contribution is 2.24. The third kappa shape index (κ3) is 4.54. The van der Waals surface area contributed by atoms with Crippen molar-refractivity contribution in [1.29, 1.82) is 0 Å². The first-order chi connectivity index (χ1) is 9.10. The zero-order chi connectivity index (χ0) is 14.3. The summed E-state index contributed by atoms with van der Waals surface area (Å²) >= 11 is 0. The molecule has 0 aromatic heterocycles. The molecule has 4 heteroatoms. The highest BCUT2D eigenvalue weighted by Gasteiger charge is 2.17. The van der Waals surface area contributed by atoms with E-state index < -0.39 is 11.8 Å². The predicted octanol–water partition coefficient (Wildman–Crippen LogP) is 4.12. The molecule has 0 aliphatic rings. The van der Waals surface area contributed by atoms with Crippen LogP contribution in [0.25, 0.3) is 0 Å². The average Bonchev–Trinajstić information content (AvgIpc) is 2.40. The number of carboxylic acids is 1. The second-order valence-corrected chi connectivity index (χ2v) is 4.65. The number of carboxylic acid groups (broad SMARTS) is 1. The molecule has 3 nitrogen and oxygen atoms in total. The van der Waals surface area contributed by atoms with Crippen molar-refractivity contribution in [3.8, 4) is 5.75 Å². The summed E-state index contributed by atoms with van der Waals surface area (Å²) in [5, 5.41) is 9.01. The lowest BCUT2D eigenvalue weighted by Crippen LogP contribution is -2.14. The Balaban J connectivity index is 2.73. The first-order valence-corrected chi connectivity index (χ1v) is 6.74. The van der Waals surface area contributed by atoms with E-state index in [-0.39, 0.29) is 11.3 Å². The van der Waals surface area contributed by atoms with E-state index >= 15 is 0 Å². The molecule has 0 fully saturated rings. The molecule has 1 unspecified atom stereocenters. The van der Waals surface area contributed by atoms with Crippen LogP contribution in [0.3, 0.4) is 0 Å². The summed E-state index contributed by atoms with van der Waals surface area (Å²) in [6.45, 7) is 4.54. The fourth-order valence-corrected chi connectivity index (χ4v) is 1.92. The van der Waals surface area contributed by atoms with Crippen LogP contribution >= 0.6 is 0 Å². The van der Waals surface area contributed by atoms with E-state index in [9.17, 15) is 9.18 Å². The molecule has 1 rings (SSSR count). The van der Waals surface area contributed by atoms with Crippen LogP contribution in [0.2, 0.25) is 0 Å². The Bertz CT molecular complexity index is 418. The summed E-state index contributed by atoms with van der Waals surface area (Å²) in [4.78, 5) is 11.0. The van der Waals surface area contributed by atoms with Crippen molar-refractivity contribution in [1.82, 2.24) is 0 Å². The van der Waals surface area contributed by atoms with E-state index in [4.69, 9.17) is 9.84 Å². The summed E-state index contributed by atoms with van der Waals surface area (Å²) < 4.78 is 19.1. The zero-order valence-corrected chi connectivity index (χ0v) is 11.5. The molecule has 1 atom stereocenters. The lowest BCUT2D eigenvalue weighted by molar-refractivity contribution is 0.0689. The number of rotatable bonds is 8. The van der Waals surface area contributed by atoms with Gasteiger partial charge in [0, 0.05) is 0 Å². The normalized spacial score (nSPS) is 12.2. The van der Waals surface area contributed by atoms with Gasteiger partial charge in [-0.15, -0.1) is 0 Å². The third-order valence-electron chi connectivity index (χ3n) is 3.20. The predicted molar refractivity (Wildman–Crippen MR) is 72.2 cm³/mol. The van der Waals surface area contributed by atoms with Crippen LogP contribution in [-0.4, -0.2) is 17.7 Å². The Morgan fingerprint density at radius 1 is 1.42 bits per heavy atom. The van der Waals surface area contributed by atoms with Crippen molar-refractivity contribution in [2.24, 2.45) is 5.92 Å². The van der Waals surface area contributed by atoms with Crippen LogP contribution in [0.1, 0.15) is 49.9 Å². The van der Waals surface area contributed by atoms with Crippen LogP contribution in [0.4, 0.5) is 4.39 Å². The third-order valence-corrected chi connectivity index (χ3v) is 3.20. The largest absolute Gasteiger partial charge is 0.489 e. The molecule has 1 aromatic rings. The van der Waals surface area contributed by atoms with Crippen molar-refractivity contribution < 1.29 is 19.0 Å². The second kappa shape index (κ2) is 7.77. The van der Waals surface area contributed by atoms with Crippen molar-refractivity contribution in [2.75, 3.05) is 6.61 Å². The molecule has 19 heavy (non-hydrogen) atoms. The van der Waals surface area contributed by atoms with Crippen molar-refractivity contribution in [3.05, 3.63) is 29.6 Å². The van der Waals surface area contributed by atoms with Crippen LogP contribution in [0.15, 0.2) is 18.2 Å². The van der Waals surface area contributed by atoms with Crippen LogP contribution in [0, 0.1) is 11.7 Å². The van der Waals surface area contributed by atoms with Gasteiger partial charge in [0.2, 0.25) is 0 Å². The fraction of sp³-hybridized carbons (Fsp3) is 0.533. The zero-order valence-electron chi connectivity index (χ0n) is 11.5. The van der Waals surface area contributed by atoms with Crippen molar-refractivity contribution in [3.63, 3.8) is 0 Å². The van der Waals surface area contributed by atoms with E-state index in [1.165, 1.54) is 18.2 Å². The van der Waals surface area contributed by atoms with E-state index in [0.717, 1.165) is 25.7 Å². The first-order valence-electron chi connectivity index (χ1n) is 6.74. The number of carbonyl (C=O) groups is 1. The monoisotopic (exact) mass is 268 g/mol. The highest BCUT2D eigenvalue weighted by molar-refractivity contribution is 5.90. The quantitative estimate of drug-likeness (QED) is 0.771. The van der Waals surface area contributed by atoms with Gasteiger partial charge in [-0.05, 0) is 24.5 Å². The molecule has 0 heterocycles. The molecule has 0 radical (unpaired) electrons. The molecule has 0 aliphatic carbocycles. The van der Waals surface area contributed by atoms with Gasteiger partial charge in [-0.2, -0.15) is 0 Å². The summed E-state index contributed by atoms with van der Waals surface area (Å²) in [6.07, 6.45) is 4.17. The van der Waals surface area contributed by atoms with E-state index in [1.54, 1.807) is 0 Å². The minimum Gasteiger partial charge on any atom is -0.489 e. The number of unbranched alkanes of at least 4 members (excludes halogenated alkanes) is 1. The average molecular weight is 268 g/mol. The summed E-state index contributed by atoms with van der Waals surface area (Å²) in [5.41, 5.74) is -0.120. The molecular weight excluding hydrogens is 247 g/mol. The Labute approximate surface area is 113 Å². The maximum absolute atomic E-state index is 13.6. The van der Waals surface area contributed by atoms with Crippen LogP contribution in [-0.2, 0) is 0 Å². The Hall–Kier alpha value is -1.58. The van der Waals surface area contributed by atoms with Gasteiger partial charge in [0.15, 0.2) is 11.6 Å². The molecule has 0 saturated heterocycles. The molecule has 0 bridgehead atoms. The first kappa shape index (κ1) is 15.5. The summed E-state index contributed by atoms with van der Waals surface area (Å²) in [5.74, 6) is -1.60. The van der Waals surface area contributed by atoms with Gasteiger partial charge in [-0.1, -0.05) is 39.2 Å². The van der Waals surface area contributed by atoms with E-state index in [1.807, 2.05) is 0 Å². The number of halogens is 1. The molecule has 1 N–H and O–H groups in total. The van der Waals surface area contributed by atoms with E-state index in [0.29, 0.717) is 12.5 Å². The molecular formula is C15H21FO3. The summed E-state index contributed by atoms with van der Waals surface area (Å²) in [7, 11) is 0. The smallest absolute Gasteiger partial charge is 0.339 e. The maximum atomic E-state index is 13.6. The molecule has 0 amide bonds. The molecule has 0 spiro atoms. The molecule has 1 aromatic carbocycles. The van der Waals surface area contributed by atoms with Crippen LogP contribution < -0.4 is 4.74 Å². The minimum absolute atomic E-state index is 0.120. The van der Waals surface area contributed by atoms with E-state index in [2.05, 4.69) is 13.8 Å². The maximum Gasteiger partial charge on any atom is 0.339 e. The molecule has 106 valence electrons. The number of para-hydroxylation sites is 1. The Morgan fingerprint density at radius 3 is 2.74 bits per heavy atom. The summed E-state index contributed by atoms with van der Waals surface area (Å²) in [6, 6.07) is 3.95.